The number of nitro benzene ring substituents is 1. The second kappa shape index (κ2) is 8.62. The average Bonchev–Trinajstić information content (AvgIpc) is 2.65. The predicted octanol–water partition coefficient (Wildman–Crippen LogP) is 2.24. The molecule has 2 rings (SSSR count). The molecular formula is C16H16N4O5S. The van der Waals surface area contributed by atoms with Crippen LogP contribution in [0.4, 0.5) is 11.4 Å². The largest absolute Gasteiger partial charge is 0.496 e. The van der Waals surface area contributed by atoms with Gasteiger partial charge in [-0.15, -0.1) is 0 Å². The number of anilines is 1. The van der Waals surface area contributed by atoms with Crippen molar-refractivity contribution in [3.05, 3.63) is 58.1 Å². The number of hydrogen-bond acceptors (Lipinski definition) is 7. The van der Waals surface area contributed by atoms with Crippen LogP contribution in [-0.4, -0.2) is 30.2 Å². The molecule has 0 bridgehead atoms. The molecule has 3 N–H and O–H groups in total. The number of thiocarbonyl (C=S) groups is 1. The Hall–Kier alpha value is -3.40. The number of amides is 1. The molecular weight excluding hydrogens is 360 g/mol. The molecule has 1 amide bonds. The average molecular weight is 376 g/mol. The van der Waals surface area contributed by atoms with Crippen LogP contribution in [0.15, 0.2) is 42.5 Å². The molecule has 0 aromatic heterocycles. The Morgan fingerprint density at radius 1 is 1.08 bits per heavy atom. The predicted molar refractivity (Wildman–Crippen MR) is 99.5 cm³/mol. The molecule has 0 radical (unpaired) electrons. The molecule has 26 heavy (non-hydrogen) atoms. The lowest BCUT2D eigenvalue weighted by atomic mass is 10.1. The van der Waals surface area contributed by atoms with Gasteiger partial charge in [-0.2, -0.15) is 0 Å². The van der Waals surface area contributed by atoms with Crippen molar-refractivity contribution in [1.29, 1.82) is 0 Å². The van der Waals surface area contributed by atoms with E-state index in [2.05, 4.69) is 16.2 Å². The molecule has 0 saturated carbocycles. The third-order valence-corrected chi connectivity index (χ3v) is 3.48. The topological polar surface area (TPSA) is 115 Å². The molecule has 0 saturated heterocycles. The molecule has 0 aliphatic carbocycles. The third kappa shape index (κ3) is 4.57. The fourth-order valence-electron chi connectivity index (χ4n) is 2.07. The van der Waals surface area contributed by atoms with Crippen LogP contribution in [0, 0.1) is 10.1 Å². The van der Waals surface area contributed by atoms with Crippen molar-refractivity contribution >= 4 is 34.6 Å². The minimum Gasteiger partial charge on any atom is -0.496 e. The van der Waals surface area contributed by atoms with Gasteiger partial charge >= 0.3 is 0 Å². The van der Waals surface area contributed by atoms with Gasteiger partial charge < -0.3 is 9.47 Å². The fraction of sp³-hybridized carbons (Fsp3) is 0.125. The lowest BCUT2D eigenvalue weighted by Gasteiger charge is -2.15. The summed E-state index contributed by atoms with van der Waals surface area (Å²) in [4.78, 5) is 22.6. The second-order valence-corrected chi connectivity index (χ2v) is 5.28. The first-order valence-corrected chi connectivity index (χ1v) is 7.70. The number of nitrogens with one attached hydrogen (secondary N) is 3. The maximum absolute atomic E-state index is 12.4. The van der Waals surface area contributed by atoms with Crippen LogP contribution in [0.1, 0.15) is 10.4 Å². The maximum atomic E-state index is 12.4. The Labute approximate surface area is 154 Å². The van der Waals surface area contributed by atoms with Crippen molar-refractivity contribution in [3.8, 4) is 11.5 Å². The van der Waals surface area contributed by atoms with Crippen LogP contribution in [0.5, 0.6) is 11.5 Å². The van der Waals surface area contributed by atoms with Crippen LogP contribution in [0.3, 0.4) is 0 Å². The van der Waals surface area contributed by atoms with Gasteiger partial charge in [0.05, 0.1) is 24.8 Å². The number of carbonyl (C=O) groups excluding carboxylic acids is 1. The fourth-order valence-corrected chi connectivity index (χ4v) is 2.21. The van der Waals surface area contributed by atoms with Gasteiger partial charge in [0.25, 0.3) is 11.6 Å². The summed E-state index contributed by atoms with van der Waals surface area (Å²) >= 11 is 5.06. The van der Waals surface area contributed by atoms with E-state index < -0.39 is 10.8 Å². The molecule has 0 atom stereocenters. The van der Waals surface area contributed by atoms with Crippen LogP contribution < -0.4 is 25.6 Å². The van der Waals surface area contributed by atoms with Crippen molar-refractivity contribution in [2.75, 3.05) is 19.6 Å². The van der Waals surface area contributed by atoms with Gasteiger partial charge in [0.2, 0.25) is 0 Å². The van der Waals surface area contributed by atoms with Crippen LogP contribution >= 0.6 is 12.2 Å². The standard InChI is InChI=1S/C16H16N4O5S/c1-24-12-4-3-5-13(25-2)14(12)15(21)17-16(26)19-18-10-6-8-11(9-7-10)20(22)23/h3-9,18H,1-2H3,(H2,17,19,21,26). The first kappa shape index (κ1) is 18.9. The number of methoxy groups -OCH3 is 2. The quantitative estimate of drug-likeness (QED) is 0.399. The number of non-ortho nitro benzene ring substituents is 1. The monoisotopic (exact) mass is 376 g/mol. The SMILES string of the molecule is COc1cccc(OC)c1C(=O)NC(=S)NNc1ccc([N+](=O)[O-])cc1. The Morgan fingerprint density at radius 3 is 2.15 bits per heavy atom. The van der Waals surface area contributed by atoms with Crippen molar-refractivity contribution in [3.63, 3.8) is 0 Å². The van der Waals surface area contributed by atoms with E-state index in [1.54, 1.807) is 18.2 Å². The molecule has 0 heterocycles. The lowest BCUT2D eigenvalue weighted by molar-refractivity contribution is -0.384. The van der Waals surface area contributed by atoms with Gasteiger partial charge in [0.1, 0.15) is 17.1 Å². The molecule has 0 aliphatic rings. The highest BCUT2D eigenvalue weighted by Crippen LogP contribution is 2.27. The summed E-state index contributed by atoms with van der Waals surface area (Å²) < 4.78 is 10.4. The highest BCUT2D eigenvalue weighted by Gasteiger charge is 2.19. The molecule has 0 aliphatic heterocycles. The van der Waals surface area contributed by atoms with E-state index in [1.165, 1.54) is 38.5 Å². The number of rotatable bonds is 6. The lowest BCUT2D eigenvalue weighted by Crippen LogP contribution is -2.42. The van der Waals surface area contributed by atoms with Crippen molar-refractivity contribution in [1.82, 2.24) is 10.7 Å². The molecule has 0 spiro atoms. The first-order valence-electron chi connectivity index (χ1n) is 7.29. The van der Waals surface area contributed by atoms with Crippen molar-refractivity contribution in [2.24, 2.45) is 0 Å². The van der Waals surface area contributed by atoms with Crippen LogP contribution in [0.25, 0.3) is 0 Å². The van der Waals surface area contributed by atoms with Crippen molar-refractivity contribution in [2.45, 2.75) is 0 Å². The summed E-state index contributed by atoms with van der Waals surface area (Å²) in [6.07, 6.45) is 0. The highest BCUT2D eigenvalue weighted by atomic mass is 32.1. The van der Waals surface area contributed by atoms with Gasteiger partial charge in [0.15, 0.2) is 5.11 Å². The number of carbonyl (C=O) groups is 1. The molecule has 0 unspecified atom stereocenters. The van der Waals surface area contributed by atoms with Crippen molar-refractivity contribution < 1.29 is 19.2 Å². The third-order valence-electron chi connectivity index (χ3n) is 3.28. The van der Waals surface area contributed by atoms with E-state index in [4.69, 9.17) is 21.7 Å². The van der Waals surface area contributed by atoms with E-state index in [0.717, 1.165) is 0 Å². The highest BCUT2D eigenvalue weighted by molar-refractivity contribution is 7.80. The molecule has 136 valence electrons. The minimum atomic E-state index is -0.512. The van der Waals surface area contributed by atoms with E-state index >= 15 is 0 Å². The molecule has 0 fully saturated rings. The Bertz CT molecular complexity index is 804. The van der Waals surface area contributed by atoms with Crippen LogP contribution in [-0.2, 0) is 0 Å². The second-order valence-electron chi connectivity index (χ2n) is 4.87. The number of benzene rings is 2. The normalized spacial score (nSPS) is 9.77. The summed E-state index contributed by atoms with van der Waals surface area (Å²) in [5, 5.41) is 13.1. The molecule has 2 aromatic rings. The maximum Gasteiger partial charge on any atom is 0.269 e. The zero-order valence-corrected chi connectivity index (χ0v) is 14.8. The number of hydrazine groups is 1. The number of ether oxygens (including phenoxy) is 2. The number of nitro groups is 1. The smallest absolute Gasteiger partial charge is 0.269 e. The summed E-state index contributed by atoms with van der Waals surface area (Å²) in [5.41, 5.74) is 6.06. The van der Waals surface area contributed by atoms with E-state index in [1.807, 2.05) is 0 Å². The Kier molecular flexibility index (Phi) is 6.28. The number of nitrogens with zero attached hydrogens (tertiary/aromatic N) is 1. The van der Waals surface area contributed by atoms with E-state index in [-0.39, 0.29) is 16.4 Å². The summed E-state index contributed by atoms with van der Waals surface area (Å²) in [5.74, 6) is 0.170. The van der Waals surface area contributed by atoms with Gasteiger partial charge in [-0.05, 0) is 36.5 Å². The minimum absolute atomic E-state index is 0.00121. The summed E-state index contributed by atoms with van der Waals surface area (Å²) in [7, 11) is 2.89. The number of hydrogen-bond donors (Lipinski definition) is 3. The molecule has 10 heteroatoms. The Balaban J connectivity index is 1.99. The van der Waals surface area contributed by atoms with Gasteiger partial charge in [-0.3, -0.25) is 31.1 Å². The summed E-state index contributed by atoms with van der Waals surface area (Å²) in [6.45, 7) is 0. The first-order chi connectivity index (χ1) is 12.5. The van der Waals surface area contributed by atoms with Crippen LogP contribution in [0.2, 0.25) is 0 Å². The zero-order valence-electron chi connectivity index (χ0n) is 13.9. The van der Waals surface area contributed by atoms with Gasteiger partial charge in [0, 0.05) is 12.1 Å². The molecule has 2 aromatic carbocycles. The molecule has 9 nitrogen and oxygen atoms in total. The van der Waals surface area contributed by atoms with Gasteiger partial charge in [-0.1, -0.05) is 6.07 Å². The van der Waals surface area contributed by atoms with E-state index in [0.29, 0.717) is 17.2 Å². The van der Waals surface area contributed by atoms with Gasteiger partial charge in [-0.25, -0.2) is 0 Å². The van der Waals surface area contributed by atoms with E-state index in [9.17, 15) is 14.9 Å². The zero-order chi connectivity index (χ0) is 19.1. The summed E-state index contributed by atoms with van der Waals surface area (Å²) in [6, 6.07) is 10.6. The Morgan fingerprint density at radius 2 is 1.65 bits per heavy atom.